The molecule has 27 heavy (non-hydrogen) atoms. The van der Waals surface area contributed by atoms with Crippen LogP contribution in [0, 0.1) is 0 Å². The molecule has 1 aliphatic heterocycles. The number of aromatic nitrogens is 1. The summed E-state index contributed by atoms with van der Waals surface area (Å²) in [5.74, 6) is -0.717. The summed E-state index contributed by atoms with van der Waals surface area (Å²) < 4.78 is 5.51. The van der Waals surface area contributed by atoms with Crippen molar-refractivity contribution in [1.82, 2.24) is 9.88 Å². The minimum atomic E-state index is -1.01. The molecule has 1 atom stereocenters. The van der Waals surface area contributed by atoms with E-state index in [1.807, 2.05) is 11.4 Å². The predicted molar refractivity (Wildman–Crippen MR) is 106 cm³/mol. The summed E-state index contributed by atoms with van der Waals surface area (Å²) in [7, 11) is 1.67. The first kappa shape index (κ1) is 19.1. The van der Waals surface area contributed by atoms with E-state index in [1.54, 1.807) is 44.4 Å². The molecule has 1 fully saturated rings. The zero-order valence-electron chi connectivity index (χ0n) is 14.7. The maximum Gasteiger partial charge on any atom is 0.344 e. The number of hydrogen-bond acceptors (Lipinski definition) is 7. The third kappa shape index (κ3) is 4.55. The summed E-state index contributed by atoms with van der Waals surface area (Å²) in [6, 6.07) is 6.99. The van der Waals surface area contributed by atoms with Crippen LogP contribution in [-0.4, -0.2) is 45.2 Å². The average Bonchev–Trinajstić information content (AvgIpc) is 3.25. The number of aliphatic carboxylic acids is 1. The third-order valence-electron chi connectivity index (χ3n) is 3.69. The van der Waals surface area contributed by atoms with Gasteiger partial charge in [-0.15, -0.1) is 11.3 Å². The van der Waals surface area contributed by atoms with Gasteiger partial charge in [0, 0.05) is 18.6 Å². The van der Waals surface area contributed by atoms with E-state index < -0.39 is 12.1 Å². The number of rotatable bonds is 6. The van der Waals surface area contributed by atoms with Gasteiger partial charge in [-0.3, -0.25) is 9.69 Å². The standard InChI is InChI=1S/C18H17N3O4S2/c1-3-13(16(23)24)25-12-6-4-5-11(9-12)10-14-15(22)21(2)18(27-14)20-17-19-7-8-26-17/h4-10,13H,3H2,1-2H3,(H,23,24)/b14-10+,20-18+. The van der Waals surface area contributed by atoms with E-state index in [1.165, 1.54) is 28.0 Å². The minimum absolute atomic E-state index is 0.154. The number of carboxylic acids is 1. The van der Waals surface area contributed by atoms with Crippen molar-refractivity contribution >= 4 is 51.4 Å². The molecular weight excluding hydrogens is 386 g/mol. The molecule has 1 saturated heterocycles. The Balaban J connectivity index is 1.81. The smallest absolute Gasteiger partial charge is 0.344 e. The van der Waals surface area contributed by atoms with Gasteiger partial charge in [0.15, 0.2) is 11.3 Å². The summed E-state index contributed by atoms with van der Waals surface area (Å²) in [5, 5.41) is 12.1. The first-order valence-electron chi connectivity index (χ1n) is 8.13. The van der Waals surface area contributed by atoms with E-state index in [4.69, 9.17) is 9.84 Å². The fourth-order valence-electron chi connectivity index (χ4n) is 2.31. The molecular formula is C18H17N3O4S2. The highest BCUT2D eigenvalue weighted by atomic mass is 32.2. The SMILES string of the molecule is CCC(Oc1cccc(/C=C2/S/C(=N/c3nccs3)N(C)C2=O)c1)C(=O)O. The monoisotopic (exact) mass is 403 g/mol. The van der Waals surface area contributed by atoms with Gasteiger partial charge in [-0.1, -0.05) is 19.1 Å². The summed E-state index contributed by atoms with van der Waals surface area (Å²) in [6.07, 6.45) is 2.85. The van der Waals surface area contributed by atoms with Crippen LogP contribution in [0.3, 0.4) is 0 Å². The highest BCUT2D eigenvalue weighted by Gasteiger charge is 2.30. The zero-order valence-corrected chi connectivity index (χ0v) is 16.3. The van der Waals surface area contributed by atoms with Gasteiger partial charge in [-0.25, -0.2) is 9.78 Å². The largest absolute Gasteiger partial charge is 0.479 e. The maximum absolute atomic E-state index is 12.5. The van der Waals surface area contributed by atoms with Gasteiger partial charge in [-0.05, 0) is 42.0 Å². The first-order valence-corrected chi connectivity index (χ1v) is 9.83. The number of ether oxygens (including phenoxy) is 1. The molecule has 7 nitrogen and oxygen atoms in total. The Kier molecular flexibility index (Phi) is 5.92. The summed E-state index contributed by atoms with van der Waals surface area (Å²) in [6.45, 7) is 1.75. The highest BCUT2D eigenvalue weighted by molar-refractivity contribution is 8.18. The van der Waals surface area contributed by atoms with Crippen molar-refractivity contribution in [2.24, 2.45) is 4.99 Å². The number of thioether (sulfide) groups is 1. The summed E-state index contributed by atoms with van der Waals surface area (Å²) in [5.41, 5.74) is 0.743. The molecule has 1 N–H and O–H groups in total. The molecule has 9 heteroatoms. The Morgan fingerprint density at radius 1 is 1.48 bits per heavy atom. The van der Waals surface area contributed by atoms with E-state index in [0.29, 0.717) is 27.4 Å². The molecule has 0 saturated carbocycles. The Morgan fingerprint density at radius 2 is 2.30 bits per heavy atom. The number of likely N-dealkylation sites (N-methyl/N-ethyl adjacent to an activating group) is 1. The fraction of sp³-hybridized carbons (Fsp3) is 0.222. The molecule has 0 bridgehead atoms. The van der Waals surface area contributed by atoms with Crippen LogP contribution in [0.25, 0.3) is 6.08 Å². The van der Waals surface area contributed by atoms with Crippen LogP contribution >= 0.6 is 23.1 Å². The highest BCUT2D eigenvalue weighted by Crippen LogP contribution is 2.33. The van der Waals surface area contributed by atoms with Crippen LogP contribution in [0.2, 0.25) is 0 Å². The molecule has 0 spiro atoms. The number of amides is 1. The molecule has 3 rings (SSSR count). The number of amidine groups is 1. The van der Waals surface area contributed by atoms with Gasteiger partial charge in [0.1, 0.15) is 5.75 Å². The quantitative estimate of drug-likeness (QED) is 0.741. The van der Waals surface area contributed by atoms with Crippen LogP contribution < -0.4 is 4.74 Å². The van der Waals surface area contributed by atoms with E-state index in [0.717, 1.165) is 5.56 Å². The Labute approximate surface area is 164 Å². The van der Waals surface area contributed by atoms with Crippen molar-refractivity contribution in [2.75, 3.05) is 7.05 Å². The number of hydrogen-bond donors (Lipinski definition) is 1. The topological polar surface area (TPSA) is 92.1 Å². The van der Waals surface area contributed by atoms with Crippen LogP contribution in [0.1, 0.15) is 18.9 Å². The predicted octanol–water partition coefficient (Wildman–Crippen LogP) is 3.62. The molecule has 1 unspecified atom stereocenters. The van der Waals surface area contributed by atoms with Gasteiger partial charge in [0.05, 0.1) is 4.91 Å². The van der Waals surface area contributed by atoms with E-state index in [9.17, 15) is 9.59 Å². The second kappa shape index (κ2) is 8.36. The van der Waals surface area contributed by atoms with Gasteiger partial charge >= 0.3 is 5.97 Å². The lowest BCUT2D eigenvalue weighted by molar-refractivity contribution is -0.145. The van der Waals surface area contributed by atoms with Crippen LogP contribution in [0.4, 0.5) is 5.13 Å². The van der Waals surface area contributed by atoms with Gasteiger partial charge < -0.3 is 9.84 Å². The molecule has 2 heterocycles. The lowest BCUT2D eigenvalue weighted by atomic mass is 10.2. The van der Waals surface area contributed by atoms with E-state index >= 15 is 0 Å². The van der Waals surface area contributed by atoms with E-state index in [-0.39, 0.29) is 5.91 Å². The number of aliphatic imine (C=N–C) groups is 1. The third-order valence-corrected chi connectivity index (χ3v) is 5.42. The molecule has 1 aromatic heterocycles. The minimum Gasteiger partial charge on any atom is -0.479 e. The molecule has 140 valence electrons. The van der Waals surface area contributed by atoms with Gasteiger partial charge in [-0.2, -0.15) is 4.99 Å². The Hall–Kier alpha value is -2.65. The van der Waals surface area contributed by atoms with Crippen molar-refractivity contribution in [3.05, 3.63) is 46.3 Å². The molecule has 2 aromatic rings. The van der Waals surface area contributed by atoms with Gasteiger partial charge in [0.2, 0.25) is 5.13 Å². The Bertz CT molecular complexity index is 909. The summed E-state index contributed by atoms with van der Waals surface area (Å²) >= 11 is 2.66. The van der Waals surface area contributed by atoms with Crippen molar-refractivity contribution in [3.8, 4) is 5.75 Å². The average molecular weight is 403 g/mol. The maximum atomic E-state index is 12.5. The molecule has 1 amide bonds. The van der Waals surface area contributed by atoms with Crippen LogP contribution in [0.15, 0.2) is 45.7 Å². The number of carbonyl (C=O) groups is 2. The first-order chi connectivity index (χ1) is 13.0. The van der Waals surface area contributed by atoms with Crippen molar-refractivity contribution < 1.29 is 19.4 Å². The molecule has 1 aromatic carbocycles. The lowest BCUT2D eigenvalue weighted by Gasteiger charge is -2.13. The second-order valence-electron chi connectivity index (χ2n) is 5.61. The second-order valence-corrected chi connectivity index (χ2v) is 7.49. The van der Waals surface area contributed by atoms with Crippen molar-refractivity contribution in [1.29, 1.82) is 0 Å². The lowest BCUT2D eigenvalue weighted by Crippen LogP contribution is -2.25. The van der Waals surface area contributed by atoms with Crippen molar-refractivity contribution in [3.63, 3.8) is 0 Å². The molecule has 1 aliphatic rings. The van der Waals surface area contributed by atoms with Crippen LogP contribution in [-0.2, 0) is 9.59 Å². The molecule has 0 radical (unpaired) electrons. The zero-order chi connectivity index (χ0) is 19.4. The number of carbonyl (C=O) groups excluding carboxylic acids is 1. The van der Waals surface area contributed by atoms with Gasteiger partial charge in [0.25, 0.3) is 5.91 Å². The number of carboxylic acid groups (broad SMARTS) is 1. The number of thiazole rings is 1. The normalized spacial score (nSPS) is 18.3. The number of benzene rings is 1. The van der Waals surface area contributed by atoms with Crippen molar-refractivity contribution in [2.45, 2.75) is 19.4 Å². The fourth-order valence-corrected chi connectivity index (χ4v) is 3.84. The summed E-state index contributed by atoms with van der Waals surface area (Å²) in [4.78, 5) is 34.1. The van der Waals surface area contributed by atoms with Crippen LogP contribution in [0.5, 0.6) is 5.75 Å². The van der Waals surface area contributed by atoms with E-state index in [2.05, 4.69) is 9.98 Å². The molecule has 0 aliphatic carbocycles. The number of nitrogens with zero attached hydrogens (tertiary/aromatic N) is 3. The Morgan fingerprint density at radius 3 is 2.96 bits per heavy atom.